The van der Waals surface area contributed by atoms with Crippen LogP contribution in [-0.4, -0.2) is 59.0 Å². The summed E-state index contributed by atoms with van der Waals surface area (Å²) < 4.78 is 0. The van der Waals surface area contributed by atoms with Gasteiger partial charge < -0.3 is 10.0 Å². The summed E-state index contributed by atoms with van der Waals surface area (Å²) in [7, 11) is 1.86. The second kappa shape index (κ2) is 8.25. The zero-order valence-corrected chi connectivity index (χ0v) is 13.0. The van der Waals surface area contributed by atoms with Gasteiger partial charge in [0.25, 0.3) is 0 Å². The van der Waals surface area contributed by atoms with E-state index in [1.807, 2.05) is 25.8 Å². The fourth-order valence-corrected chi connectivity index (χ4v) is 2.76. The van der Waals surface area contributed by atoms with E-state index in [1.165, 1.54) is 19.3 Å². The Morgan fingerprint density at radius 2 is 1.80 bits per heavy atom. The minimum absolute atomic E-state index is 0.0402. The second-order valence-electron chi connectivity index (χ2n) is 5.85. The second-order valence-corrected chi connectivity index (χ2v) is 5.85. The monoisotopic (exact) mass is 284 g/mol. The number of hydrogen-bond donors (Lipinski definition) is 1. The van der Waals surface area contributed by atoms with Crippen molar-refractivity contribution in [3.8, 4) is 0 Å². The molecule has 1 N–H and O–H groups in total. The van der Waals surface area contributed by atoms with Gasteiger partial charge >= 0.3 is 5.97 Å². The average molecular weight is 284 g/mol. The molecule has 1 amide bonds. The SMILES string of the molecule is CCC(C)N(CC(=O)O)CC(=O)N(C)C1CCCCC1. The highest BCUT2D eigenvalue weighted by Crippen LogP contribution is 2.21. The first-order chi connectivity index (χ1) is 9.45. The Labute approximate surface area is 121 Å². The maximum atomic E-state index is 12.3. The normalized spacial score (nSPS) is 18.0. The Morgan fingerprint density at radius 1 is 1.20 bits per heavy atom. The Morgan fingerprint density at radius 3 is 2.30 bits per heavy atom. The van der Waals surface area contributed by atoms with Crippen molar-refractivity contribution in [3.05, 3.63) is 0 Å². The van der Waals surface area contributed by atoms with Crippen molar-refractivity contribution in [1.29, 1.82) is 0 Å². The summed E-state index contributed by atoms with van der Waals surface area (Å²) in [5.41, 5.74) is 0. The van der Waals surface area contributed by atoms with Crippen LogP contribution in [-0.2, 0) is 9.59 Å². The van der Waals surface area contributed by atoms with E-state index in [1.54, 1.807) is 4.90 Å². The molecule has 20 heavy (non-hydrogen) atoms. The van der Waals surface area contributed by atoms with Crippen LogP contribution in [0.25, 0.3) is 0 Å². The van der Waals surface area contributed by atoms with Gasteiger partial charge in [-0.25, -0.2) is 0 Å². The van der Waals surface area contributed by atoms with Crippen LogP contribution in [0.3, 0.4) is 0 Å². The summed E-state index contributed by atoms with van der Waals surface area (Å²) in [4.78, 5) is 26.8. The number of nitrogens with zero attached hydrogens (tertiary/aromatic N) is 2. The lowest BCUT2D eigenvalue weighted by Crippen LogP contribution is -2.47. The zero-order valence-electron chi connectivity index (χ0n) is 13.0. The van der Waals surface area contributed by atoms with E-state index in [4.69, 9.17) is 5.11 Å². The maximum absolute atomic E-state index is 12.3. The first-order valence-electron chi connectivity index (χ1n) is 7.67. The first kappa shape index (κ1) is 17.0. The molecule has 0 aromatic heterocycles. The third-order valence-corrected chi connectivity index (χ3v) is 4.41. The predicted octanol–water partition coefficient (Wildman–Crippen LogP) is 1.96. The standard InChI is InChI=1S/C15H28N2O3/c1-4-12(2)17(11-15(19)20)10-14(18)16(3)13-8-6-5-7-9-13/h12-13H,4-11H2,1-3H3,(H,19,20). The van der Waals surface area contributed by atoms with Gasteiger partial charge in [-0.3, -0.25) is 14.5 Å². The lowest BCUT2D eigenvalue weighted by Gasteiger charge is -2.34. The molecule has 1 unspecified atom stereocenters. The van der Waals surface area contributed by atoms with E-state index in [0.29, 0.717) is 6.04 Å². The minimum atomic E-state index is -0.876. The molecule has 0 aliphatic heterocycles. The van der Waals surface area contributed by atoms with Gasteiger partial charge in [-0.2, -0.15) is 0 Å². The van der Waals surface area contributed by atoms with Gasteiger partial charge in [0.15, 0.2) is 0 Å². The summed E-state index contributed by atoms with van der Waals surface area (Å²) in [6, 6.07) is 0.440. The van der Waals surface area contributed by atoms with Crippen molar-refractivity contribution in [2.24, 2.45) is 0 Å². The number of aliphatic carboxylic acids is 1. The van der Waals surface area contributed by atoms with E-state index in [2.05, 4.69) is 0 Å². The largest absolute Gasteiger partial charge is 0.480 e. The lowest BCUT2D eigenvalue weighted by molar-refractivity contribution is -0.141. The van der Waals surface area contributed by atoms with Crippen molar-refractivity contribution in [2.75, 3.05) is 20.1 Å². The van der Waals surface area contributed by atoms with Crippen molar-refractivity contribution < 1.29 is 14.7 Å². The van der Waals surface area contributed by atoms with Crippen LogP contribution in [0.4, 0.5) is 0 Å². The van der Waals surface area contributed by atoms with Crippen molar-refractivity contribution in [3.63, 3.8) is 0 Å². The van der Waals surface area contributed by atoms with Gasteiger partial charge in [0.1, 0.15) is 0 Å². The number of carboxylic acid groups (broad SMARTS) is 1. The summed E-state index contributed by atoms with van der Waals surface area (Å²) in [5, 5.41) is 8.96. The smallest absolute Gasteiger partial charge is 0.317 e. The molecule has 1 rings (SSSR count). The van der Waals surface area contributed by atoms with E-state index in [9.17, 15) is 9.59 Å². The van der Waals surface area contributed by atoms with Crippen LogP contribution < -0.4 is 0 Å². The summed E-state index contributed by atoms with van der Waals surface area (Å²) >= 11 is 0. The highest BCUT2D eigenvalue weighted by molar-refractivity contribution is 5.79. The highest BCUT2D eigenvalue weighted by atomic mass is 16.4. The maximum Gasteiger partial charge on any atom is 0.317 e. The van der Waals surface area contributed by atoms with Gasteiger partial charge in [-0.1, -0.05) is 26.2 Å². The lowest BCUT2D eigenvalue weighted by atomic mass is 9.94. The summed E-state index contributed by atoms with van der Waals surface area (Å²) in [6.07, 6.45) is 6.62. The summed E-state index contributed by atoms with van der Waals surface area (Å²) in [6.45, 7) is 4.11. The molecule has 0 saturated heterocycles. The molecule has 0 heterocycles. The van der Waals surface area contributed by atoms with E-state index < -0.39 is 5.97 Å². The molecule has 1 aliphatic carbocycles. The van der Waals surface area contributed by atoms with Crippen LogP contribution in [0, 0.1) is 0 Å². The third-order valence-electron chi connectivity index (χ3n) is 4.41. The third kappa shape index (κ3) is 5.12. The number of hydrogen-bond acceptors (Lipinski definition) is 3. The van der Waals surface area contributed by atoms with Crippen LogP contribution in [0.15, 0.2) is 0 Å². The van der Waals surface area contributed by atoms with E-state index in [0.717, 1.165) is 19.3 Å². The molecule has 0 aromatic carbocycles. The zero-order chi connectivity index (χ0) is 15.1. The van der Waals surface area contributed by atoms with Gasteiger partial charge in [0, 0.05) is 19.1 Å². The quantitative estimate of drug-likeness (QED) is 0.776. The molecule has 0 spiro atoms. The molecule has 0 aromatic rings. The van der Waals surface area contributed by atoms with Crippen LogP contribution >= 0.6 is 0 Å². The van der Waals surface area contributed by atoms with Crippen molar-refractivity contribution in [2.45, 2.75) is 64.5 Å². The molecule has 5 heteroatoms. The Balaban J connectivity index is 2.57. The molecule has 1 saturated carbocycles. The first-order valence-corrected chi connectivity index (χ1v) is 7.67. The average Bonchev–Trinajstić information content (AvgIpc) is 2.45. The van der Waals surface area contributed by atoms with Gasteiger partial charge in [-0.05, 0) is 26.2 Å². The molecule has 0 bridgehead atoms. The van der Waals surface area contributed by atoms with Crippen LogP contribution in [0.5, 0.6) is 0 Å². The number of likely N-dealkylation sites (N-methyl/N-ethyl adjacent to an activating group) is 1. The molecule has 1 aliphatic rings. The number of carboxylic acids is 1. The predicted molar refractivity (Wildman–Crippen MR) is 78.6 cm³/mol. The fraction of sp³-hybridized carbons (Fsp3) is 0.867. The Hall–Kier alpha value is -1.10. The molecule has 0 radical (unpaired) electrons. The molecular weight excluding hydrogens is 256 g/mol. The van der Waals surface area contributed by atoms with Gasteiger partial charge in [-0.15, -0.1) is 0 Å². The Kier molecular flexibility index (Phi) is 6.99. The molecular formula is C15H28N2O3. The summed E-state index contributed by atoms with van der Waals surface area (Å²) in [5.74, 6) is -0.836. The Bertz CT molecular complexity index is 327. The van der Waals surface area contributed by atoms with E-state index >= 15 is 0 Å². The number of rotatable bonds is 7. The van der Waals surface area contributed by atoms with Gasteiger partial charge in [0.05, 0.1) is 13.1 Å². The highest BCUT2D eigenvalue weighted by Gasteiger charge is 2.25. The molecule has 5 nitrogen and oxygen atoms in total. The van der Waals surface area contributed by atoms with Crippen molar-refractivity contribution in [1.82, 2.24) is 9.80 Å². The van der Waals surface area contributed by atoms with Crippen LogP contribution in [0.1, 0.15) is 52.4 Å². The molecule has 1 atom stereocenters. The van der Waals surface area contributed by atoms with Crippen molar-refractivity contribution >= 4 is 11.9 Å². The van der Waals surface area contributed by atoms with E-state index in [-0.39, 0.29) is 25.0 Å². The van der Waals surface area contributed by atoms with Gasteiger partial charge in [0.2, 0.25) is 5.91 Å². The topological polar surface area (TPSA) is 60.9 Å². The molecule has 1 fully saturated rings. The number of carbonyl (C=O) groups is 2. The number of amides is 1. The minimum Gasteiger partial charge on any atom is -0.480 e. The number of carbonyl (C=O) groups excluding carboxylic acids is 1. The molecule has 116 valence electrons. The van der Waals surface area contributed by atoms with Crippen LogP contribution in [0.2, 0.25) is 0 Å². The fourth-order valence-electron chi connectivity index (χ4n) is 2.76.